The van der Waals surface area contributed by atoms with Gasteiger partial charge in [-0.15, -0.1) is 0 Å². The molecule has 2 aromatic rings. The van der Waals surface area contributed by atoms with Crippen molar-refractivity contribution in [1.29, 1.82) is 0 Å². The van der Waals surface area contributed by atoms with Gasteiger partial charge in [0.25, 0.3) is 5.91 Å². The molecule has 140 valence electrons. The number of hydrogen-bond donors (Lipinski definition) is 1. The van der Waals surface area contributed by atoms with E-state index in [1.807, 2.05) is 50.2 Å². The molecular weight excluding hydrogens is 330 g/mol. The fourth-order valence-electron chi connectivity index (χ4n) is 2.50. The zero-order chi connectivity index (χ0) is 18.8. The van der Waals surface area contributed by atoms with Gasteiger partial charge in [-0.25, -0.2) is 0 Å². The molecule has 0 atom stereocenters. The maximum Gasteiger partial charge on any atom is 0.251 e. The van der Waals surface area contributed by atoms with Crippen LogP contribution in [0.15, 0.2) is 42.5 Å². The van der Waals surface area contributed by atoms with Gasteiger partial charge in [-0.1, -0.05) is 12.1 Å². The zero-order valence-corrected chi connectivity index (χ0v) is 15.7. The summed E-state index contributed by atoms with van der Waals surface area (Å²) in [5.41, 5.74) is 2.70. The molecule has 0 aliphatic carbocycles. The molecule has 0 aromatic heterocycles. The van der Waals surface area contributed by atoms with Gasteiger partial charge >= 0.3 is 0 Å². The number of nitrogens with one attached hydrogen (secondary N) is 1. The Morgan fingerprint density at radius 3 is 2.54 bits per heavy atom. The molecule has 0 radical (unpaired) electrons. The van der Waals surface area contributed by atoms with Crippen molar-refractivity contribution in [2.75, 3.05) is 26.9 Å². The quantitative estimate of drug-likeness (QED) is 0.658. The van der Waals surface area contributed by atoms with Crippen molar-refractivity contribution < 1.29 is 19.0 Å². The lowest BCUT2D eigenvalue weighted by molar-refractivity contribution is 0.0934. The molecule has 0 spiro atoms. The highest BCUT2D eigenvalue weighted by atomic mass is 16.5. The number of carbonyl (C=O) groups is 1. The lowest BCUT2D eigenvalue weighted by Crippen LogP contribution is -2.25. The Labute approximate surface area is 155 Å². The molecule has 5 heteroatoms. The summed E-state index contributed by atoms with van der Waals surface area (Å²) in [6.07, 6.45) is 0.762. The van der Waals surface area contributed by atoms with E-state index >= 15 is 0 Å². The molecule has 0 aliphatic heterocycles. The van der Waals surface area contributed by atoms with E-state index in [1.165, 1.54) is 0 Å². The SMILES string of the molecule is CCOc1ccc(C(=O)NCCCOCc2ccc(OC)cc2)cc1C. The molecule has 1 amide bonds. The summed E-state index contributed by atoms with van der Waals surface area (Å²) in [6, 6.07) is 13.3. The van der Waals surface area contributed by atoms with E-state index in [9.17, 15) is 4.79 Å². The van der Waals surface area contributed by atoms with Gasteiger partial charge in [0.15, 0.2) is 0 Å². The average Bonchev–Trinajstić information content (AvgIpc) is 2.66. The van der Waals surface area contributed by atoms with E-state index in [0.717, 1.165) is 29.0 Å². The molecule has 2 rings (SSSR count). The van der Waals surface area contributed by atoms with Crippen molar-refractivity contribution >= 4 is 5.91 Å². The molecule has 2 aromatic carbocycles. The molecule has 0 saturated carbocycles. The Hall–Kier alpha value is -2.53. The van der Waals surface area contributed by atoms with Crippen LogP contribution in [0.25, 0.3) is 0 Å². The summed E-state index contributed by atoms with van der Waals surface area (Å²) in [5.74, 6) is 1.57. The number of benzene rings is 2. The Morgan fingerprint density at radius 1 is 1.12 bits per heavy atom. The number of amides is 1. The van der Waals surface area contributed by atoms with Gasteiger partial charge in [-0.2, -0.15) is 0 Å². The molecule has 0 unspecified atom stereocenters. The minimum absolute atomic E-state index is 0.0775. The highest BCUT2D eigenvalue weighted by Crippen LogP contribution is 2.19. The maximum atomic E-state index is 12.2. The van der Waals surface area contributed by atoms with Crippen LogP contribution in [-0.2, 0) is 11.3 Å². The largest absolute Gasteiger partial charge is 0.497 e. The van der Waals surface area contributed by atoms with Gasteiger partial charge in [0, 0.05) is 18.7 Å². The summed E-state index contributed by atoms with van der Waals surface area (Å²) in [6.45, 7) is 6.22. The fraction of sp³-hybridized carbons (Fsp3) is 0.381. The van der Waals surface area contributed by atoms with Crippen LogP contribution in [0.1, 0.15) is 34.8 Å². The molecule has 26 heavy (non-hydrogen) atoms. The van der Waals surface area contributed by atoms with Gasteiger partial charge in [-0.3, -0.25) is 4.79 Å². The molecule has 0 saturated heterocycles. The van der Waals surface area contributed by atoms with Crippen molar-refractivity contribution in [2.24, 2.45) is 0 Å². The summed E-state index contributed by atoms with van der Waals surface area (Å²) in [7, 11) is 1.65. The van der Waals surface area contributed by atoms with Crippen LogP contribution in [0, 0.1) is 6.92 Å². The van der Waals surface area contributed by atoms with Crippen molar-refractivity contribution in [2.45, 2.75) is 26.9 Å². The monoisotopic (exact) mass is 357 g/mol. The third kappa shape index (κ3) is 6.08. The third-order valence-electron chi connectivity index (χ3n) is 3.92. The Kier molecular flexibility index (Phi) is 7.96. The number of ether oxygens (including phenoxy) is 3. The van der Waals surface area contributed by atoms with Crippen LogP contribution < -0.4 is 14.8 Å². The lowest BCUT2D eigenvalue weighted by atomic mass is 10.1. The normalized spacial score (nSPS) is 10.4. The van der Waals surface area contributed by atoms with Crippen molar-refractivity contribution in [3.63, 3.8) is 0 Å². The first-order valence-electron chi connectivity index (χ1n) is 8.86. The second-order valence-corrected chi connectivity index (χ2v) is 5.92. The van der Waals surface area contributed by atoms with E-state index in [2.05, 4.69) is 5.32 Å². The van der Waals surface area contributed by atoms with E-state index < -0.39 is 0 Å². The van der Waals surface area contributed by atoms with Crippen molar-refractivity contribution in [3.05, 3.63) is 59.2 Å². The summed E-state index contributed by atoms with van der Waals surface area (Å²) < 4.78 is 16.2. The third-order valence-corrected chi connectivity index (χ3v) is 3.92. The lowest BCUT2D eigenvalue weighted by Gasteiger charge is -2.10. The van der Waals surface area contributed by atoms with E-state index in [0.29, 0.717) is 31.9 Å². The highest BCUT2D eigenvalue weighted by Gasteiger charge is 2.07. The van der Waals surface area contributed by atoms with Gasteiger partial charge in [-0.05, 0) is 61.7 Å². The first-order chi connectivity index (χ1) is 12.6. The first-order valence-corrected chi connectivity index (χ1v) is 8.86. The molecular formula is C21H27NO4. The fourth-order valence-corrected chi connectivity index (χ4v) is 2.50. The number of carbonyl (C=O) groups excluding carboxylic acids is 1. The predicted molar refractivity (Wildman–Crippen MR) is 102 cm³/mol. The van der Waals surface area contributed by atoms with Gasteiger partial charge in [0.05, 0.1) is 20.3 Å². The molecule has 5 nitrogen and oxygen atoms in total. The summed E-state index contributed by atoms with van der Waals surface area (Å²) >= 11 is 0. The van der Waals surface area contributed by atoms with Crippen LogP contribution in [0.4, 0.5) is 0 Å². The number of rotatable bonds is 10. The Balaban J connectivity index is 1.66. The van der Waals surface area contributed by atoms with Crippen molar-refractivity contribution in [3.8, 4) is 11.5 Å². The number of methoxy groups -OCH3 is 1. The van der Waals surface area contributed by atoms with Gasteiger partial charge in [0.1, 0.15) is 11.5 Å². The smallest absolute Gasteiger partial charge is 0.251 e. The summed E-state index contributed by atoms with van der Waals surface area (Å²) in [4.78, 5) is 12.2. The van der Waals surface area contributed by atoms with Crippen LogP contribution in [0.5, 0.6) is 11.5 Å². The zero-order valence-electron chi connectivity index (χ0n) is 15.7. The average molecular weight is 357 g/mol. The number of hydrogen-bond acceptors (Lipinski definition) is 4. The molecule has 1 N–H and O–H groups in total. The number of aryl methyl sites for hydroxylation is 1. The van der Waals surface area contributed by atoms with Gasteiger partial charge in [0.2, 0.25) is 0 Å². The molecule has 0 bridgehead atoms. The van der Waals surface area contributed by atoms with Crippen LogP contribution in [-0.4, -0.2) is 32.8 Å². The Bertz CT molecular complexity index is 698. The van der Waals surface area contributed by atoms with Crippen molar-refractivity contribution in [1.82, 2.24) is 5.32 Å². The maximum absolute atomic E-state index is 12.2. The topological polar surface area (TPSA) is 56.8 Å². The second kappa shape index (κ2) is 10.5. The molecule has 0 aliphatic rings. The summed E-state index contributed by atoms with van der Waals surface area (Å²) in [5, 5.41) is 2.92. The highest BCUT2D eigenvalue weighted by molar-refractivity contribution is 5.94. The Morgan fingerprint density at radius 2 is 1.88 bits per heavy atom. The minimum Gasteiger partial charge on any atom is -0.497 e. The predicted octanol–water partition coefficient (Wildman–Crippen LogP) is 3.74. The second-order valence-electron chi connectivity index (χ2n) is 5.92. The van der Waals surface area contributed by atoms with Crippen LogP contribution in [0.2, 0.25) is 0 Å². The first kappa shape index (κ1) is 19.8. The molecule has 0 fully saturated rings. The molecule has 0 heterocycles. The van der Waals surface area contributed by atoms with Gasteiger partial charge < -0.3 is 19.5 Å². The van der Waals surface area contributed by atoms with Crippen LogP contribution in [0.3, 0.4) is 0 Å². The van der Waals surface area contributed by atoms with E-state index in [1.54, 1.807) is 13.2 Å². The van der Waals surface area contributed by atoms with E-state index in [-0.39, 0.29) is 5.91 Å². The minimum atomic E-state index is -0.0775. The van der Waals surface area contributed by atoms with E-state index in [4.69, 9.17) is 14.2 Å². The van der Waals surface area contributed by atoms with Crippen LogP contribution >= 0.6 is 0 Å². The standard InChI is InChI=1S/C21H27NO4/c1-4-26-20-11-8-18(14-16(20)2)21(23)22-12-5-13-25-15-17-6-9-19(24-3)10-7-17/h6-11,14H,4-5,12-13,15H2,1-3H3,(H,22,23).